The largest absolute Gasteiger partial charge is 1.00 e. The summed E-state index contributed by atoms with van der Waals surface area (Å²) in [5, 5.41) is 7.29. The fourth-order valence-corrected chi connectivity index (χ4v) is 8.41. The topological polar surface area (TPSA) is 29.1 Å². The van der Waals surface area contributed by atoms with Crippen molar-refractivity contribution in [1.82, 2.24) is 5.32 Å². The van der Waals surface area contributed by atoms with Crippen molar-refractivity contribution in [2.75, 3.05) is 12.7 Å². The zero-order valence-electron chi connectivity index (χ0n) is 16.5. The first kappa shape index (κ1) is 21.7. The molecule has 0 spiro atoms. The highest BCUT2D eigenvalue weighted by Gasteiger charge is 2.48. The number of nitrogens with one attached hydrogen (secondary N) is 1. The maximum atomic E-state index is 13.5. The molecule has 1 unspecified atom stereocenters. The summed E-state index contributed by atoms with van der Waals surface area (Å²) >= 11 is 0. The molecule has 0 aromatic heterocycles. The molecule has 4 rings (SSSR count). The molecule has 3 aromatic rings. The van der Waals surface area contributed by atoms with Crippen molar-refractivity contribution >= 4 is 29.0 Å². The molecule has 1 fully saturated rings. The smallest absolute Gasteiger partial charge is 0.187 e. The van der Waals surface area contributed by atoms with Gasteiger partial charge in [-0.05, 0) is 55.8 Å². The number of piperidine rings is 1. The highest BCUT2D eigenvalue weighted by molar-refractivity contribution is 7.96. The summed E-state index contributed by atoms with van der Waals surface area (Å²) in [4.78, 5) is 13.5. The predicted octanol–water partition coefficient (Wildman–Crippen LogP) is 0.696. The minimum atomic E-state index is -2.07. The van der Waals surface area contributed by atoms with Gasteiger partial charge in [-0.1, -0.05) is 61.0 Å². The van der Waals surface area contributed by atoms with Gasteiger partial charge in [-0.2, -0.15) is 0 Å². The van der Waals surface area contributed by atoms with Crippen molar-refractivity contribution in [3.8, 4) is 0 Å². The molecule has 0 aliphatic carbocycles. The molecule has 29 heavy (non-hydrogen) atoms. The molecule has 0 radical (unpaired) electrons. The fourth-order valence-electron chi connectivity index (χ4n) is 4.24. The van der Waals surface area contributed by atoms with E-state index >= 15 is 0 Å². The van der Waals surface area contributed by atoms with Crippen molar-refractivity contribution in [2.45, 2.75) is 25.3 Å². The van der Waals surface area contributed by atoms with E-state index in [4.69, 9.17) is 0 Å². The van der Waals surface area contributed by atoms with Crippen molar-refractivity contribution in [3.63, 3.8) is 0 Å². The lowest BCUT2D eigenvalue weighted by Crippen LogP contribution is -3.00. The average molecular weight is 424 g/mol. The number of rotatable bonds is 6. The van der Waals surface area contributed by atoms with Crippen LogP contribution < -0.4 is 33.6 Å². The molecule has 1 N–H and O–H groups in total. The molecule has 4 heteroatoms. The quantitative estimate of drug-likeness (QED) is 0.591. The van der Waals surface area contributed by atoms with E-state index < -0.39 is 7.26 Å². The highest BCUT2D eigenvalue weighted by atomic mass is 35.5. The maximum Gasteiger partial charge on any atom is 0.187 e. The first-order chi connectivity index (χ1) is 13.8. The van der Waals surface area contributed by atoms with E-state index in [0.29, 0.717) is 11.9 Å². The molecule has 0 saturated carbocycles. The summed E-state index contributed by atoms with van der Waals surface area (Å²) < 4.78 is 0. The molecule has 3 aromatic carbocycles. The summed E-state index contributed by atoms with van der Waals surface area (Å²) in [7, 11) is -2.07. The number of Topliss-reactive ketones (excluding diaryl/α,β-unsaturated/α-hetero) is 1. The van der Waals surface area contributed by atoms with Gasteiger partial charge in [-0.3, -0.25) is 4.79 Å². The van der Waals surface area contributed by atoms with Gasteiger partial charge in [0.1, 0.15) is 29.3 Å². The third-order valence-corrected chi connectivity index (χ3v) is 10.0. The van der Waals surface area contributed by atoms with Crippen LogP contribution in [0.3, 0.4) is 0 Å². The van der Waals surface area contributed by atoms with Crippen LogP contribution in [0.4, 0.5) is 0 Å². The molecule has 1 saturated heterocycles. The molecule has 150 valence electrons. The lowest BCUT2D eigenvalue weighted by molar-refractivity contribution is -0.119. The van der Waals surface area contributed by atoms with Gasteiger partial charge >= 0.3 is 0 Å². The summed E-state index contributed by atoms with van der Waals surface area (Å²) in [6, 6.07) is 32.0. The van der Waals surface area contributed by atoms with E-state index in [-0.39, 0.29) is 18.4 Å². The van der Waals surface area contributed by atoms with Crippen LogP contribution in [-0.4, -0.2) is 24.5 Å². The van der Waals surface area contributed by atoms with Crippen LogP contribution in [-0.2, 0) is 4.79 Å². The lowest BCUT2D eigenvalue weighted by atomic mass is 10.0. The Bertz CT molecular complexity index is 799. The first-order valence-corrected chi connectivity index (χ1v) is 12.1. The predicted molar refractivity (Wildman–Crippen MR) is 121 cm³/mol. The summed E-state index contributed by atoms with van der Waals surface area (Å²) in [6.07, 6.45) is 3.83. The number of halogens is 1. The Hall–Kier alpha value is -1.99. The molecule has 0 bridgehead atoms. The Morgan fingerprint density at radius 2 is 1.21 bits per heavy atom. The Morgan fingerprint density at radius 3 is 1.59 bits per heavy atom. The SMILES string of the molecule is O=C(C[P+](c1ccccc1)(c1ccccc1)c1ccccc1)C1CCCCN1.[Cl-]. The Balaban J connectivity index is 0.00000240. The fraction of sp³-hybridized carbons (Fsp3) is 0.240. The summed E-state index contributed by atoms with van der Waals surface area (Å²) in [6.45, 7) is 0.948. The zero-order valence-corrected chi connectivity index (χ0v) is 18.2. The molecule has 1 heterocycles. The number of carbonyl (C=O) groups excluding carboxylic acids is 1. The van der Waals surface area contributed by atoms with E-state index in [9.17, 15) is 4.79 Å². The van der Waals surface area contributed by atoms with E-state index in [1.807, 2.05) is 0 Å². The van der Waals surface area contributed by atoms with E-state index in [0.717, 1.165) is 19.4 Å². The van der Waals surface area contributed by atoms with Crippen LogP contribution in [0.2, 0.25) is 0 Å². The molecule has 0 amide bonds. The first-order valence-electron chi connectivity index (χ1n) is 10.1. The van der Waals surface area contributed by atoms with Crippen LogP contribution in [0.25, 0.3) is 0 Å². The van der Waals surface area contributed by atoms with Gasteiger partial charge < -0.3 is 17.7 Å². The van der Waals surface area contributed by atoms with Crippen LogP contribution in [0, 0.1) is 0 Å². The van der Waals surface area contributed by atoms with E-state index in [1.54, 1.807) is 0 Å². The Morgan fingerprint density at radius 1 is 0.759 bits per heavy atom. The maximum absolute atomic E-state index is 13.5. The summed E-state index contributed by atoms with van der Waals surface area (Å²) in [5.41, 5.74) is 0. The van der Waals surface area contributed by atoms with E-state index in [2.05, 4.69) is 96.3 Å². The molecule has 1 aliphatic rings. The van der Waals surface area contributed by atoms with Gasteiger partial charge in [0, 0.05) is 0 Å². The van der Waals surface area contributed by atoms with Gasteiger partial charge in [-0.25, -0.2) is 0 Å². The van der Waals surface area contributed by atoms with E-state index in [1.165, 1.54) is 22.3 Å². The van der Waals surface area contributed by atoms with Gasteiger partial charge in [0.25, 0.3) is 0 Å². The molecule has 1 atom stereocenters. The molecular formula is C25H27ClNOP. The second-order valence-electron chi connectivity index (χ2n) is 7.44. The number of hydrogen-bond donors (Lipinski definition) is 1. The molecular weight excluding hydrogens is 397 g/mol. The standard InChI is InChI=1S/C25H27NOP.ClH/c27-25(24-18-10-11-19-26-24)20-28(21-12-4-1-5-13-21,22-14-6-2-7-15-22)23-16-8-3-9-17-23;/h1-9,12-17,24,26H,10-11,18-20H2;1H/q+1;/p-1. The van der Waals surface area contributed by atoms with Crippen molar-refractivity contribution in [2.24, 2.45) is 0 Å². The minimum Gasteiger partial charge on any atom is -1.00 e. The van der Waals surface area contributed by atoms with Crippen LogP contribution in [0.1, 0.15) is 19.3 Å². The summed E-state index contributed by atoms with van der Waals surface area (Å²) in [5.74, 6) is 0.351. The third-order valence-electron chi connectivity index (χ3n) is 5.68. The molecule has 2 nitrogen and oxygen atoms in total. The third kappa shape index (κ3) is 4.61. The average Bonchev–Trinajstić information content (AvgIpc) is 2.80. The van der Waals surface area contributed by atoms with Gasteiger partial charge in [0.15, 0.2) is 5.78 Å². The Kier molecular flexibility index (Phi) is 7.61. The lowest BCUT2D eigenvalue weighted by Gasteiger charge is -2.29. The van der Waals surface area contributed by atoms with Crippen molar-refractivity contribution in [1.29, 1.82) is 0 Å². The monoisotopic (exact) mass is 423 g/mol. The number of ketones is 1. The van der Waals surface area contributed by atoms with Crippen LogP contribution in [0.15, 0.2) is 91.0 Å². The minimum absolute atomic E-state index is 0. The second kappa shape index (κ2) is 10.2. The van der Waals surface area contributed by atoms with Crippen LogP contribution >= 0.6 is 7.26 Å². The van der Waals surface area contributed by atoms with Crippen LogP contribution in [0.5, 0.6) is 0 Å². The van der Waals surface area contributed by atoms with Crippen molar-refractivity contribution in [3.05, 3.63) is 91.0 Å². The van der Waals surface area contributed by atoms with Gasteiger partial charge in [-0.15, -0.1) is 0 Å². The normalized spacial score (nSPS) is 16.6. The highest BCUT2D eigenvalue weighted by Crippen LogP contribution is 2.55. The van der Waals surface area contributed by atoms with Gasteiger partial charge in [0.05, 0.1) is 6.04 Å². The number of hydrogen-bond acceptors (Lipinski definition) is 2. The number of carbonyl (C=O) groups is 1. The second-order valence-corrected chi connectivity index (χ2v) is 10.9. The van der Waals surface area contributed by atoms with Crippen molar-refractivity contribution < 1.29 is 17.2 Å². The molecule has 1 aliphatic heterocycles. The number of benzene rings is 3. The zero-order chi connectivity index (χ0) is 19.2. The van der Waals surface area contributed by atoms with Gasteiger partial charge in [0.2, 0.25) is 0 Å². The Labute approximate surface area is 180 Å².